The van der Waals surface area contributed by atoms with Crippen LogP contribution in [0.3, 0.4) is 0 Å². The van der Waals surface area contributed by atoms with Crippen molar-refractivity contribution < 1.29 is 9.53 Å². The summed E-state index contributed by atoms with van der Waals surface area (Å²) in [6, 6.07) is 6.88. The van der Waals surface area contributed by atoms with Crippen molar-refractivity contribution in [3.8, 4) is 5.75 Å². The number of carbonyl (C=O) groups is 1. The van der Waals surface area contributed by atoms with Gasteiger partial charge in [-0.05, 0) is 100 Å². The summed E-state index contributed by atoms with van der Waals surface area (Å²) in [6.45, 7) is 6.89. The van der Waals surface area contributed by atoms with Gasteiger partial charge < -0.3 is 10.5 Å². The lowest BCUT2D eigenvalue weighted by Crippen LogP contribution is -2.52. The molecule has 41 heavy (non-hydrogen) atoms. The lowest BCUT2D eigenvalue weighted by Gasteiger charge is -2.55. The van der Waals surface area contributed by atoms with Crippen LogP contribution in [-0.4, -0.2) is 41.8 Å². The highest BCUT2D eigenvalue weighted by molar-refractivity contribution is 6.09. The van der Waals surface area contributed by atoms with E-state index in [4.69, 9.17) is 15.5 Å². The zero-order chi connectivity index (χ0) is 29.0. The number of ether oxygens (including phenoxy) is 1. The Kier molecular flexibility index (Phi) is 8.81. The van der Waals surface area contributed by atoms with E-state index < -0.39 is 0 Å². The van der Waals surface area contributed by atoms with E-state index in [-0.39, 0.29) is 28.7 Å². The highest BCUT2D eigenvalue weighted by Gasteiger charge is 2.50. The predicted octanol–water partition coefficient (Wildman–Crippen LogP) is 6.78. The van der Waals surface area contributed by atoms with Gasteiger partial charge in [0.25, 0.3) is 0 Å². The molecule has 0 unspecified atom stereocenters. The molecule has 0 spiro atoms. The van der Waals surface area contributed by atoms with E-state index in [9.17, 15) is 4.79 Å². The highest BCUT2D eigenvalue weighted by Crippen LogP contribution is 2.58. The van der Waals surface area contributed by atoms with Crippen LogP contribution in [0.5, 0.6) is 5.75 Å². The molecule has 220 valence electrons. The minimum absolute atomic E-state index is 0.0613. The molecule has 6 rings (SSSR count). The second kappa shape index (κ2) is 12.3. The number of hydrogen-bond donors (Lipinski definition) is 1. The Morgan fingerprint density at radius 1 is 1.12 bits per heavy atom. The number of nitrogens with two attached hydrogens (primary N) is 1. The maximum atomic E-state index is 14.2. The van der Waals surface area contributed by atoms with Crippen molar-refractivity contribution in [2.24, 2.45) is 22.1 Å². The monoisotopic (exact) mass is 557 g/mol. The van der Waals surface area contributed by atoms with Crippen molar-refractivity contribution in [3.05, 3.63) is 53.6 Å². The Balaban J connectivity index is 1.41. The lowest BCUT2D eigenvalue weighted by atomic mass is 9.51. The first-order chi connectivity index (χ1) is 19.8. The molecule has 0 atom stereocenters. The molecule has 4 aliphatic rings. The third kappa shape index (κ3) is 6.19. The van der Waals surface area contributed by atoms with Crippen LogP contribution < -0.4 is 15.4 Å². The molecule has 0 saturated heterocycles. The Labute approximate surface area is 245 Å². The molecule has 4 fully saturated rings. The van der Waals surface area contributed by atoms with Gasteiger partial charge in [0.05, 0.1) is 25.2 Å². The summed E-state index contributed by atoms with van der Waals surface area (Å²) in [5.74, 6) is 1.87. The molecule has 1 amide bonds. The highest BCUT2D eigenvalue weighted by atomic mass is 16.5. The topological polar surface area (TPSA) is 93.7 Å². The second-order valence-corrected chi connectivity index (χ2v) is 13.0. The molecule has 7 nitrogen and oxygen atoms in total. The molecule has 7 heteroatoms. The summed E-state index contributed by atoms with van der Waals surface area (Å²) in [4.78, 5) is 30.2. The van der Waals surface area contributed by atoms with E-state index in [0.29, 0.717) is 23.6 Å². The van der Waals surface area contributed by atoms with Gasteiger partial charge in [-0.1, -0.05) is 31.4 Å². The van der Waals surface area contributed by atoms with Gasteiger partial charge in [-0.15, -0.1) is 0 Å². The average molecular weight is 558 g/mol. The molecule has 1 heterocycles. The molecular formula is C34H47N5O2. The number of hydrogen-bond acceptors (Lipinski definition) is 6. The van der Waals surface area contributed by atoms with Gasteiger partial charge in [-0.25, -0.2) is 4.98 Å². The number of carbonyl (C=O) groups excluding carboxylic acids is 1. The quantitative estimate of drug-likeness (QED) is 0.343. The molecule has 4 saturated carbocycles. The predicted molar refractivity (Wildman–Crippen MR) is 166 cm³/mol. The average Bonchev–Trinajstić information content (AvgIpc) is 3.01. The van der Waals surface area contributed by atoms with Gasteiger partial charge in [0.1, 0.15) is 5.75 Å². The third-order valence-corrected chi connectivity index (χ3v) is 10.0. The Morgan fingerprint density at radius 3 is 2.44 bits per heavy atom. The van der Waals surface area contributed by atoms with Gasteiger partial charge in [0, 0.05) is 36.5 Å². The van der Waals surface area contributed by atoms with E-state index in [1.165, 1.54) is 23.7 Å². The van der Waals surface area contributed by atoms with E-state index in [0.717, 1.165) is 70.0 Å². The number of allylic oxidation sites excluding steroid dienone is 1. The van der Waals surface area contributed by atoms with E-state index >= 15 is 0 Å². The summed E-state index contributed by atoms with van der Waals surface area (Å²) >= 11 is 0. The number of aryl methyl sites for hydroxylation is 1. The standard InChI is InChI=1S/C34H47N5O2/c1-24(2)37-20-27(19-35)29-21-36-22-31(38-29)39(32(40)26-8-6-5-7-9-26)23-33-12-15-34(16-13-33,17-14-33)28-10-11-30(41-4)25(3)18-28/h10-11,18-22,24,26H,5-9,12-17,23,35H2,1-4H3/b27-19+,37-20?. The first-order valence-electron chi connectivity index (χ1n) is 15.5. The fourth-order valence-electron chi connectivity index (χ4n) is 7.37. The van der Waals surface area contributed by atoms with Crippen molar-refractivity contribution in [1.82, 2.24) is 9.97 Å². The number of aliphatic imine (C=N–C) groups is 1. The van der Waals surface area contributed by atoms with E-state index in [1.54, 1.807) is 25.7 Å². The zero-order valence-corrected chi connectivity index (χ0v) is 25.4. The van der Waals surface area contributed by atoms with Gasteiger partial charge in [-0.2, -0.15) is 0 Å². The summed E-state index contributed by atoms with van der Waals surface area (Å²) in [7, 11) is 1.74. The molecule has 2 bridgehead atoms. The second-order valence-electron chi connectivity index (χ2n) is 13.0. The lowest BCUT2D eigenvalue weighted by molar-refractivity contribution is -0.124. The zero-order valence-electron chi connectivity index (χ0n) is 25.4. The minimum Gasteiger partial charge on any atom is -0.496 e. The molecule has 0 aliphatic heterocycles. The fraction of sp³-hybridized carbons (Fsp3) is 0.588. The molecule has 2 aromatic rings. The Morgan fingerprint density at radius 2 is 1.83 bits per heavy atom. The number of methoxy groups -OCH3 is 1. The number of nitrogens with zero attached hydrogens (tertiary/aromatic N) is 4. The van der Waals surface area contributed by atoms with Crippen molar-refractivity contribution in [1.29, 1.82) is 0 Å². The molecule has 1 aromatic carbocycles. The fourth-order valence-corrected chi connectivity index (χ4v) is 7.37. The minimum atomic E-state index is 0.0613. The van der Waals surface area contributed by atoms with Crippen LogP contribution >= 0.6 is 0 Å². The summed E-state index contributed by atoms with van der Waals surface area (Å²) in [5, 5.41) is 0. The first-order valence-corrected chi connectivity index (χ1v) is 15.5. The molecule has 4 aliphatic carbocycles. The largest absolute Gasteiger partial charge is 0.496 e. The molecule has 1 aromatic heterocycles. The van der Waals surface area contributed by atoms with Crippen molar-refractivity contribution >= 4 is 23.5 Å². The number of amides is 1. The number of aromatic nitrogens is 2. The molecule has 2 N–H and O–H groups in total. The normalized spacial score (nSPS) is 25.1. The van der Waals surface area contributed by atoms with Gasteiger partial charge >= 0.3 is 0 Å². The summed E-state index contributed by atoms with van der Waals surface area (Å²) in [6.07, 6.45) is 19.0. The number of anilines is 1. The van der Waals surface area contributed by atoms with Crippen LogP contribution in [0.25, 0.3) is 5.57 Å². The van der Waals surface area contributed by atoms with Crippen molar-refractivity contribution in [2.45, 2.75) is 103 Å². The summed E-state index contributed by atoms with van der Waals surface area (Å²) in [5.41, 5.74) is 10.3. The SMILES string of the molecule is COc1ccc(C23CCC(CN(C(=O)C4CCCCC4)c4cncc(/C(C=NC(C)C)=C/N)n4)(CC2)CC3)cc1C. The Bertz CT molecular complexity index is 1270. The number of benzene rings is 1. The van der Waals surface area contributed by atoms with Crippen molar-refractivity contribution in [3.63, 3.8) is 0 Å². The Hall–Kier alpha value is -3.22. The number of fused-ring (bicyclic) bond motifs is 3. The van der Waals surface area contributed by atoms with E-state index in [2.05, 4.69) is 35.1 Å². The van der Waals surface area contributed by atoms with Crippen LogP contribution in [0.15, 0.2) is 41.8 Å². The van der Waals surface area contributed by atoms with Crippen LogP contribution in [0.1, 0.15) is 101 Å². The van der Waals surface area contributed by atoms with Crippen LogP contribution in [0, 0.1) is 18.3 Å². The first kappa shape index (κ1) is 29.3. The number of rotatable bonds is 9. The van der Waals surface area contributed by atoms with Crippen LogP contribution in [0.4, 0.5) is 5.82 Å². The molecular weight excluding hydrogens is 510 g/mol. The van der Waals surface area contributed by atoms with E-state index in [1.807, 2.05) is 18.7 Å². The van der Waals surface area contributed by atoms with Crippen molar-refractivity contribution in [2.75, 3.05) is 18.6 Å². The molecule has 0 radical (unpaired) electrons. The van der Waals surface area contributed by atoms with Gasteiger partial charge in [-0.3, -0.25) is 19.7 Å². The van der Waals surface area contributed by atoms with Crippen LogP contribution in [-0.2, 0) is 10.2 Å². The van der Waals surface area contributed by atoms with Gasteiger partial charge in [0.15, 0.2) is 5.82 Å². The van der Waals surface area contributed by atoms with Crippen LogP contribution in [0.2, 0.25) is 0 Å². The van der Waals surface area contributed by atoms with Gasteiger partial charge in [0.2, 0.25) is 5.91 Å². The summed E-state index contributed by atoms with van der Waals surface area (Å²) < 4.78 is 5.53. The smallest absolute Gasteiger partial charge is 0.231 e. The maximum absolute atomic E-state index is 14.2. The maximum Gasteiger partial charge on any atom is 0.231 e. The third-order valence-electron chi connectivity index (χ3n) is 10.0.